The molecule has 0 fully saturated rings. The van der Waals surface area contributed by atoms with Crippen LogP contribution in [0.5, 0.6) is 0 Å². The van der Waals surface area contributed by atoms with Gasteiger partial charge < -0.3 is 30.9 Å². The van der Waals surface area contributed by atoms with Gasteiger partial charge in [-0.15, -0.1) is 0 Å². The van der Waals surface area contributed by atoms with Crippen LogP contribution in [-0.4, -0.2) is 60.0 Å². The van der Waals surface area contributed by atoms with Crippen molar-refractivity contribution in [3.63, 3.8) is 0 Å². The monoisotopic (exact) mass is 449 g/mol. The van der Waals surface area contributed by atoms with Crippen LogP contribution in [0.4, 0.5) is 10.5 Å². The molecular formula is C23H35N3O6. The van der Waals surface area contributed by atoms with Crippen molar-refractivity contribution < 1.29 is 29.3 Å². The SMILES string of the molecule is CNC(=O)O[C@@H]1Cc2ccccc2N(C(=O)CC(C)(C)C[C@H](N)[C@@H](O)C[C@@H](C)C(=O)O)C1. The number of hydrogen-bond donors (Lipinski definition) is 4. The lowest BCUT2D eigenvalue weighted by atomic mass is 9.79. The lowest BCUT2D eigenvalue weighted by Crippen LogP contribution is -2.47. The zero-order chi connectivity index (χ0) is 24.1. The fourth-order valence-corrected chi connectivity index (χ4v) is 4.07. The predicted octanol–water partition coefficient (Wildman–Crippen LogP) is 1.91. The molecule has 1 aromatic rings. The van der Waals surface area contributed by atoms with Crippen molar-refractivity contribution in [3.05, 3.63) is 29.8 Å². The number of aliphatic hydroxyl groups excluding tert-OH is 1. The number of nitrogens with zero attached hydrogens (tertiary/aromatic N) is 1. The zero-order valence-corrected chi connectivity index (χ0v) is 19.2. The summed E-state index contributed by atoms with van der Waals surface area (Å²) in [6, 6.07) is 6.87. The van der Waals surface area contributed by atoms with Crippen molar-refractivity contribution >= 4 is 23.7 Å². The van der Waals surface area contributed by atoms with Crippen LogP contribution in [0.2, 0.25) is 0 Å². The largest absolute Gasteiger partial charge is 0.481 e. The third-order valence-electron chi connectivity index (χ3n) is 5.82. The van der Waals surface area contributed by atoms with E-state index in [2.05, 4.69) is 5.32 Å². The van der Waals surface area contributed by atoms with E-state index < -0.39 is 41.6 Å². The maximum Gasteiger partial charge on any atom is 0.407 e. The number of benzene rings is 1. The van der Waals surface area contributed by atoms with E-state index in [1.165, 1.54) is 14.0 Å². The Morgan fingerprint density at radius 3 is 2.59 bits per heavy atom. The van der Waals surface area contributed by atoms with Crippen LogP contribution in [0.1, 0.15) is 45.6 Å². The molecule has 1 aliphatic rings. The molecule has 0 radical (unpaired) electrons. The van der Waals surface area contributed by atoms with Crippen LogP contribution in [0, 0.1) is 11.3 Å². The number of carboxylic acids is 1. The van der Waals surface area contributed by atoms with Crippen LogP contribution in [-0.2, 0) is 20.7 Å². The van der Waals surface area contributed by atoms with E-state index in [9.17, 15) is 19.5 Å². The number of aliphatic hydroxyl groups is 1. The van der Waals surface area contributed by atoms with E-state index in [0.29, 0.717) is 12.8 Å². The fraction of sp³-hybridized carbons (Fsp3) is 0.609. The van der Waals surface area contributed by atoms with Crippen LogP contribution in [0.25, 0.3) is 0 Å². The van der Waals surface area contributed by atoms with Gasteiger partial charge in [-0.25, -0.2) is 4.79 Å². The molecule has 0 spiro atoms. The fourth-order valence-electron chi connectivity index (χ4n) is 4.07. The zero-order valence-electron chi connectivity index (χ0n) is 19.2. The number of amides is 2. The van der Waals surface area contributed by atoms with Gasteiger partial charge in [0.25, 0.3) is 0 Å². The minimum atomic E-state index is -0.983. The third kappa shape index (κ3) is 6.93. The van der Waals surface area contributed by atoms with E-state index >= 15 is 0 Å². The van der Waals surface area contributed by atoms with Gasteiger partial charge in [-0.1, -0.05) is 39.0 Å². The number of carbonyl (C=O) groups excluding carboxylic acids is 2. The number of alkyl carbamates (subject to hydrolysis) is 1. The van der Waals surface area contributed by atoms with Gasteiger partial charge in [0, 0.05) is 31.6 Å². The van der Waals surface area contributed by atoms with Gasteiger partial charge in [-0.3, -0.25) is 9.59 Å². The molecule has 9 heteroatoms. The first kappa shape index (κ1) is 25.6. The Morgan fingerprint density at radius 2 is 1.97 bits per heavy atom. The number of rotatable bonds is 9. The minimum Gasteiger partial charge on any atom is -0.481 e. The van der Waals surface area contributed by atoms with Crippen LogP contribution in [0.15, 0.2) is 24.3 Å². The summed E-state index contributed by atoms with van der Waals surface area (Å²) in [6.45, 7) is 5.57. The normalized spacial score (nSPS) is 18.8. The van der Waals surface area contributed by atoms with Gasteiger partial charge in [0.2, 0.25) is 5.91 Å². The number of fused-ring (bicyclic) bond motifs is 1. The summed E-state index contributed by atoms with van der Waals surface area (Å²) in [5, 5.41) is 21.8. The van der Waals surface area contributed by atoms with Gasteiger partial charge in [0.05, 0.1) is 18.6 Å². The molecule has 1 aliphatic heterocycles. The van der Waals surface area contributed by atoms with Crippen molar-refractivity contribution in [2.75, 3.05) is 18.5 Å². The number of carbonyl (C=O) groups is 3. The van der Waals surface area contributed by atoms with Gasteiger partial charge in [-0.2, -0.15) is 0 Å². The smallest absolute Gasteiger partial charge is 0.407 e. The standard InChI is InChI=1S/C23H35N3O6/c1-14(21(29)30)9-19(27)17(24)11-23(2,3)12-20(28)26-13-16(32-22(31)25-4)10-15-7-5-6-8-18(15)26/h5-8,14,16-17,19,27H,9-13,24H2,1-4H3,(H,25,31)(H,29,30)/t14-,16-,17+,19+/m1/s1. The number of hydrogen-bond acceptors (Lipinski definition) is 6. The molecule has 0 aliphatic carbocycles. The molecule has 0 bridgehead atoms. The summed E-state index contributed by atoms with van der Waals surface area (Å²) in [5.41, 5.74) is 7.33. The molecule has 1 aromatic carbocycles. The Morgan fingerprint density at radius 1 is 1.31 bits per heavy atom. The van der Waals surface area contributed by atoms with Gasteiger partial charge in [0.1, 0.15) is 6.10 Å². The van der Waals surface area contributed by atoms with E-state index in [-0.39, 0.29) is 25.3 Å². The van der Waals surface area contributed by atoms with E-state index in [4.69, 9.17) is 15.6 Å². The summed E-state index contributed by atoms with van der Waals surface area (Å²) in [5.74, 6) is -1.82. The van der Waals surface area contributed by atoms with Crippen molar-refractivity contribution in [1.29, 1.82) is 0 Å². The van der Waals surface area contributed by atoms with Crippen LogP contribution >= 0.6 is 0 Å². The average Bonchev–Trinajstić information content (AvgIpc) is 2.71. The molecule has 9 nitrogen and oxygen atoms in total. The molecule has 2 rings (SSSR count). The number of ether oxygens (including phenoxy) is 1. The highest BCUT2D eigenvalue weighted by atomic mass is 16.6. The van der Waals surface area contributed by atoms with Gasteiger partial charge in [-0.05, 0) is 29.9 Å². The molecular weight excluding hydrogens is 414 g/mol. The molecule has 178 valence electrons. The second-order valence-electron chi connectivity index (χ2n) is 9.37. The summed E-state index contributed by atoms with van der Waals surface area (Å²) in [6.07, 6.45) is -0.885. The quantitative estimate of drug-likeness (QED) is 0.451. The highest BCUT2D eigenvalue weighted by Gasteiger charge is 2.35. The Balaban J connectivity index is 2.08. The first-order chi connectivity index (χ1) is 14.9. The van der Waals surface area contributed by atoms with E-state index in [1.807, 2.05) is 38.1 Å². The van der Waals surface area contributed by atoms with Crippen molar-refractivity contribution in [1.82, 2.24) is 5.32 Å². The van der Waals surface area contributed by atoms with E-state index in [0.717, 1.165) is 11.3 Å². The predicted molar refractivity (Wildman–Crippen MR) is 120 cm³/mol. The average molecular weight is 450 g/mol. The molecule has 2 amide bonds. The number of aliphatic carboxylic acids is 1. The molecule has 0 aromatic heterocycles. The Bertz CT molecular complexity index is 828. The van der Waals surface area contributed by atoms with E-state index in [1.54, 1.807) is 4.90 Å². The maximum absolute atomic E-state index is 13.3. The lowest BCUT2D eigenvalue weighted by molar-refractivity contribution is -0.142. The number of carboxylic acid groups (broad SMARTS) is 1. The second kappa shape index (κ2) is 10.8. The van der Waals surface area contributed by atoms with Crippen molar-refractivity contribution in [2.24, 2.45) is 17.1 Å². The molecule has 5 N–H and O–H groups in total. The number of nitrogens with two attached hydrogens (primary N) is 1. The molecule has 1 heterocycles. The van der Waals surface area contributed by atoms with Crippen LogP contribution < -0.4 is 16.0 Å². The molecule has 0 saturated carbocycles. The Kier molecular flexibility index (Phi) is 8.63. The molecule has 32 heavy (non-hydrogen) atoms. The topological polar surface area (TPSA) is 142 Å². The van der Waals surface area contributed by atoms with Crippen LogP contribution in [0.3, 0.4) is 0 Å². The second-order valence-corrected chi connectivity index (χ2v) is 9.37. The van der Waals surface area contributed by atoms with Gasteiger partial charge in [0.15, 0.2) is 0 Å². The van der Waals surface area contributed by atoms with Crippen molar-refractivity contribution in [3.8, 4) is 0 Å². The number of para-hydroxylation sites is 1. The highest BCUT2D eigenvalue weighted by Crippen LogP contribution is 2.33. The highest BCUT2D eigenvalue weighted by molar-refractivity contribution is 5.95. The third-order valence-corrected chi connectivity index (χ3v) is 5.82. The van der Waals surface area contributed by atoms with Gasteiger partial charge >= 0.3 is 12.1 Å². The maximum atomic E-state index is 13.3. The summed E-state index contributed by atoms with van der Waals surface area (Å²) in [7, 11) is 1.49. The summed E-state index contributed by atoms with van der Waals surface area (Å²) < 4.78 is 5.42. The molecule has 0 saturated heterocycles. The first-order valence-corrected chi connectivity index (χ1v) is 10.9. The number of nitrogens with one attached hydrogen (secondary N) is 1. The first-order valence-electron chi connectivity index (χ1n) is 10.9. The Hall–Kier alpha value is -2.65. The summed E-state index contributed by atoms with van der Waals surface area (Å²) >= 11 is 0. The molecule has 4 atom stereocenters. The molecule has 0 unspecified atom stereocenters. The number of anilines is 1. The lowest BCUT2D eigenvalue weighted by Gasteiger charge is -2.37. The Labute approximate surface area is 188 Å². The minimum absolute atomic E-state index is 0.0541. The van der Waals surface area contributed by atoms with Crippen molar-refractivity contribution in [2.45, 2.75) is 64.7 Å². The summed E-state index contributed by atoms with van der Waals surface area (Å²) in [4.78, 5) is 37.7.